The van der Waals surface area contributed by atoms with E-state index in [1.165, 1.54) is 6.07 Å². The van der Waals surface area contributed by atoms with E-state index in [-0.39, 0.29) is 0 Å². The number of nitrogen functional groups attached to an aromatic ring is 1. The number of anilines is 1. The maximum atomic E-state index is 11.1. The lowest BCUT2D eigenvalue weighted by Gasteiger charge is -2.11. The van der Waals surface area contributed by atoms with Crippen LogP contribution in [0.3, 0.4) is 0 Å². The maximum Gasteiger partial charge on any atom is 0.248 e. The van der Waals surface area contributed by atoms with Gasteiger partial charge in [0, 0.05) is 10.6 Å². The van der Waals surface area contributed by atoms with E-state index in [1.807, 2.05) is 13.0 Å². The summed E-state index contributed by atoms with van der Waals surface area (Å²) in [7, 11) is 0. The van der Waals surface area contributed by atoms with Gasteiger partial charge in [-0.1, -0.05) is 17.7 Å². The van der Waals surface area contributed by atoms with Gasteiger partial charge in [0.05, 0.1) is 5.69 Å². The molecular weight excluding hydrogens is 264 g/mol. The first-order chi connectivity index (χ1) is 8.97. The first-order valence-electron chi connectivity index (χ1n) is 5.60. The van der Waals surface area contributed by atoms with Crippen molar-refractivity contribution in [2.75, 3.05) is 5.73 Å². The van der Waals surface area contributed by atoms with Crippen LogP contribution in [0.15, 0.2) is 36.4 Å². The molecule has 0 saturated carbocycles. The number of hydrogen-bond acceptors (Lipinski definition) is 3. The number of hydrogen-bond donors (Lipinski definition) is 2. The van der Waals surface area contributed by atoms with Crippen LogP contribution in [0.25, 0.3) is 0 Å². The lowest BCUT2D eigenvalue weighted by Crippen LogP contribution is -2.11. The first-order valence-corrected chi connectivity index (χ1v) is 5.98. The van der Waals surface area contributed by atoms with Crippen LogP contribution in [0.4, 0.5) is 5.69 Å². The molecule has 0 aromatic heterocycles. The van der Waals surface area contributed by atoms with E-state index in [2.05, 4.69) is 0 Å². The topological polar surface area (TPSA) is 78.3 Å². The van der Waals surface area contributed by atoms with Crippen LogP contribution in [-0.2, 0) is 0 Å². The molecule has 0 unspecified atom stereocenters. The molecule has 4 N–H and O–H groups in total. The molecule has 0 aliphatic carbocycles. The number of amides is 1. The Bertz CT molecular complexity index is 641. The number of carbonyl (C=O) groups is 1. The molecule has 0 saturated heterocycles. The van der Waals surface area contributed by atoms with E-state index in [0.29, 0.717) is 27.8 Å². The molecule has 0 aliphatic heterocycles. The number of nitrogens with two attached hydrogens (primary N) is 2. The van der Waals surface area contributed by atoms with Gasteiger partial charge in [-0.25, -0.2) is 0 Å². The molecule has 0 bridgehead atoms. The van der Waals surface area contributed by atoms with E-state index < -0.39 is 5.91 Å². The summed E-state index contributed by atoms with van der Waals surface area (Å²) in [5, 5.41) is 0.560. The third-order valence-electron chi connectivity index (χ3n) is 2.67. The van der Waals surface area contributed by atoms with Crippen LogP contribution in [-0.4, -0.2) is 5.91 Å². The minimum absolute atomic E-state index is 0.337. The fraction of sp³-hybridized carbons (Fsp3) is 0.0714. The quantitative estimate of drug-likeness (QED) is 0.846. The lowest BCUT2D eigenvalue weighted by atomic mass is 10.1. The Hall–Kier alpha value is -2.20. The van der Waals surface area contributed by atoms with Gasteiger partial charge < -0.3 is 16.2 Å². The third-order valence-corrected chi connectivity index (χ3v) is 2.90. The fourth-order valence-corrected chi connectivity index (χ4v) is 1.74. The fourth-order valence-electron chi connectivity index (χ4n) is 1.58. The van der Waals surface area contributed by atoms with Crippen LogP contribution in [0.2, 0.25) is 5.02 Å². The SMILES string of the molecule is Cc1ccc(Cl)cc1Oc1cc(C(N)=O)ccc1N. The number of rotatable bonds is 3. The molecule has 2 aromatic rings. The molecule has 0 heterocycles. The van der Waals surface area contributed by atoms with Crippen molar-refractivity contribution in [1.82, 2.24) is 0 Å². The molecular formula is C14H13ClN2O2. The van der Waals surface area contributed by atoms with Crippen LogP contribution < -0.4 is 16.2 Å². The molecule has 4 nitrogen and oxygen atoms in total. The van der Waals surface area contributed by atoms with Gasteiger partial charge in [-0.3, -0.25) is 4.79 Å². The molecule has 5 heteroatoms. The number of primary amides is 1. The summed E-state index contributed by atoms with van der Waals surface area (Å²) in [5.74, 6) is 0.426. The number of carbonyl (C=O) groups excluding carboxylic acids is 1. The van der Waals surface area contributed by atoms with Gasteiger partial charge in [0.15, 0.2) is 5.75 Å². The van der Waals surface area contributed by atoms with Crippen molar-refractivity contribution in [3.63, 3.8) is 0 Å². The van der Waals surface area contributed by atoms with Crippen molar-refractivity contribution in [2.45, 2.75) is 6.92 Å². The van der Waals surface area contributed by atoms with Gasteiger partial charge >= 0.3 is 0 Å². The zero-order valence-electron chi connectivity index (χ0n) is 10.3. The Morgan fingerprint density at radius 1 is 1.16 bits per heavy atom. The summed E-state index contributed by atoms with van der Waals surface area (Å²) in [5.41, 5.74) is 12.7. The molecule has 2 aromatic carbocycles. The molecule has 2 rings (SSSR count). The predicted octanol–water partition coefficient (Wildman–Crippen LogP) is 3.12. The van der Waals surface area contributed by atoms with Crippen molar-refractivity contribution < 1.29 is 9.53 Å². The largest absolute Gasteiger partial charge is 0.455 e. The average Bonchev–Trinajstić information content (AvgIpc) is 2.36. The highest BCUT2D eigenvalue weighted by molar-refractivity contribution is 6.30. The number of ether oxygens (including phenoxy) is 1. The number of benzene rings is 2. The van der Waals surface area contributed by atoms with Gasteiger partial charge in [-0.05, 0) is 42.8 Å². The van der Waals surface area contributed by atoms with Crippen LogP contribution in [0, 0.1) is 6.92 Å². The van der Waals surface area contributed by atoms with Gasteiger partial charge in [0.2, 0.25) is 5.91 Å². The van der Waals surface area contributed by atoms with Crippen molar-refractivity contribution in [2.24, 2.45) is 5.73 Å². The second-order valence-corrected chi connectivity index (χ2v) is 4.57. The van der Waals surface area contributed by atoms with E-state index in [4.69, 9.17) is 27.8 Å². The number of aryl methyl sites for hydroxylation is 1. The Morgan fingerprint density at radius 3 is 2.58 bits per heavy atom. The van der Waals surface area contributed by atoms with Gasteiger partial charge in [0.25, 0.3) is 0 Å². The van der Waals surface area contributed by atoms with Crippen molar-refractivity contribution in [1.29, 1.82) is 0 Å². The highest BCUT2D eigenvalue weighted by atomic mass is 35.5. The monoisotopic (exact) mass is 276 g/mol. The smallest absolute Gasteiger partial charge is 0.248 e. The minimum Gasteiger partial charge on any atom is -0.455 e. The highest BCUT2D eigenvalue weighted by Gasteiger charge is 2.09. The van der Waals surface area contributed by atoms with Crippen LogP contribution >= 0.6 is 11.6 Å². The van der Waals surface area contributed by atoms with Crippen molar-refractivity contribution in [3.8, 4) is 11.5 Å². The second-order valence-electron chi connectivity index (χ2n) is 4.13. The summed E-state index contributed by atoms with van der Waals surface area (Å²) in [6.45, 7) is 1.89. The van der Waals surface area contributed by atoms with Crippen molar-refractivity contribution >= 4 is 23.2 Å². The molecule has 0 spiro atoms. The summed E-state index contributed by atoms with van der Waals surface area (Å²) in [6.07, 6.45) is 0. The Morgan fingerprint density at radius 2 is 1.89 bits per heavy atom. The molecule has 0 fully saturated rings. The second kappa shape index (κ2) is 5.20. The zero-order chi connectivity index (χ0) is 14.0. The van der Waals surface area contributed by atoms with Crippen LogP contribution in [0.1, 0.15) is 15.9 Å². The molecule has 0 atom stereocenters. The molecule has 0 radical (unpaired) electrons. The molecule has 98 valence electrons. The normalized spacial score (nSPS) is 10.2. The third kappa shape index (κ3) is 2.98. The minimum atomic E-state index is -0.535. The van der Waals surface area contributed by atoms with Gasteiger partial charge in [0.1, 0.15) is 5.75 Å². The first kappa shape index (κ1) is 13.2. The molecule has 0 aliphatic rings. The van der Waals surface area contributed by atoms with E-state index in [1.54, 1.807) is 24.3 Å². The summed E-state index contributed by atoms with van der Waals surface area (Å²) in [4.78, 5) is 11.1. The van der Waals surface area contributed by atoms with E-state index >= 15 is 0 Å². The van der Waals surface area contributed by atoms with E-state index in [9.17, 15) is 4.79 Å². The van der Waals surface area contributed by atoms with Crippen LogP contribution in [0.5, 0.6) is 11.5 Å². The Balaban J connectivity index is 2.40. The van der Waals surface area contributed by atoms with Gasteiger partial charge in [-0.2, -0.15) is 0 Å². The summed E-state index contributed by atoms with van der Waals surface area (Å²) in [6, 6.07) is 9.94. The standard InChI is InChI=1S/C14H13ClN2O2/c1-8-2-4-10(15)7-12(8)19-13-6-9(14(17)18)3-5-11(13)16/h2-7H,16H2,1H3,(H2,17,18). The highest BCUT2D eigenvalue weighted by Crippen LogP contribution is 2.32. The zero-order valence-corrected chi connectivity index (χ0v) is 11.1. The Kier molecular flexibility index (Phi) is 3.62. The molecule has 19 heavy (non-hydrogen) atoms. The summed E-state index contributed by atoms with van der Waals surface area (Å²) >= 11 is 5.92. The van der Waals surface area contributed by atoms with E-state index in [0.717, 1.165) is 5.56 Å². The lowest BCUT2D eigenvalue weighted by molar-refractivity contribution is 0.1000. The Labute approximate surface area is 115 Å². The van der Waals surface area contributed by atoms with Crippen molar-refractivity contribution in [3.05, 3.63) is 52.5 Å². The molecule has 1 amide bonds. The maximum absolute atomic E-state index is 11.1. The average molecular weight is 277 g/mol. The number of halogens is 1. The van der Waals surface area contributed by atoms with Gasteiger partial charge in [-0.15, -0.1) is 0 Å². The predicted molar refractivity (Wildman–Crippen MR) is 75.6 cm³/mol. The summed E-state index contributed by atoms with van der Waals surface area (Å²) < 4.78 is 5.69.